The number of carbonyl (C=O) groups is 1. The molecule has 0 aliphatic carbocycles. The summed E-state index contributed by atoms with van der Waals surface area (Å²) in [4.78, 5) is 22.2. The predicted octanol–water partition coefficient (Wildman–Crippen LogP) is 5.43. The van der Waals surface area contributed by atoms with Crippen LogP contribution in [0.1, 0.15) is 82.1 Å². The third-order valence-corrected chi connectivity index (χ3v) is 3.67. The molecule has 0 radical (unpaired) electrons. The molecule has 0 N–H and O–H groups in total. The molecule has 0 saturated carbocycles. The Morgan fingerprint density at radius 3 is 2.32 bits per heavy atom. The van der Waals surface area contributed by atoms with Gasteiger partial charge in [-0.2, -0.15) is 4.89 Å². The zero-order chi connectivity index (χ0) is 16.4. The standard InChI is InChI=1S/C19H30O3/c1-5-6-7-8-9-12-15-21-22-18(20)16-13-10-11-14-17(16)19(2,3)4/h10-11,13-14H,5-9,12,15H2,1-4H3. The molecule has 1 aromatic rings. The van der Waals surface area contributed by atoms with Crippen LogP contribution in [0.5, 0.6) is 0 Å². The quantitative estimate of drug-likeness (QED) is 0.346. The molecule has 0 atom stereocenters. The van der Waals surface area contributed by atoms with Crippen molar-refractivity contribution in [1.29, 1.82) is 0 Å². The topological polar surface area (TPSA) is 35.5 Å². The van der Waals surface area contributed by atoms with Gasteiger partial charge in [0, 0.05) is 0 Å². The molecule has 0 amide bonds. The monoisotopic (exact) mass is 306 g/mol. The summed E-state index contributed by atoms with van der Waals surface area (Å²) >= 11 is 0. The van der Waals surface area contributed by atoms with Gasteiger partial charge in [0.05, 0.1) is 12.2 Å². The summed E-state index contributed by atoms with van der Waals surface area (Å²) in [6, 6.07) is 7.54. The SMILES string of the molecule is CCCCCCCCOOC(=O)c1ccccc1C(C)(C)C. The van der Waals surface area contributed by atoms with Crippen LogP contribution in [0.2, 0.25) is 0 Å². The maximum absolute atomic E-state index is 12.1. The first-order valence-corrected chi connectivity index (χ1v) is 8.40. The van der Waals surface area contributed by atoms with Crippen molar-refractivity contribution in [3.05, 3.63) is 35.4 Å². The normalized spacial score (nSPS) is 11.5. The lowest BCUT2D eigenvalue weighted by atomic mass is 9.84. The van der Waals surface area contributed by atoms with E-state index >= 15 is 0 Å². The zero-order valence-electron chi connectivity index (χ0n) is 14.5. The Morgan fingerprint density at radius 1 is 1.00 bits per heavy atom. The lowest BCUT2D eigenvalue weighted by Gasteiger charge is -2.21. The largest absolute Gasteiger partial charge is 0.373 e. The number of carbonyl (C=O) groups excluding carboxylic acids is 1. The van der Waals surface area contributed by atoms with Gasteiger partial charge in [0.25, 0.3) is 0 Å². The highest BCUT2D eigenvalue weighted by molar-refractivity contribution is 5.91. The van der Waals surface area contributed by atoms with E-state index in [1.54, 1.807) is 6.07 Å². The van der Waals surface area contributed by atoms with E-state index in [4.69, 9.17) is 9.78 Å². The third kappa shape index (κ3) is 6.61. The molecular weight excluding hydrogens is 276 g/mol. The van der Waals surface area contributed by atoms with E-state index in [0.717, 1.165) is 18.4 Å². The van der Waals surface area contributed by atoms with Gasteiger partial charge in [0.1, 0.15) is 0 Å². The van der Waals surface area contributed by atoms with E-state index < -0.39 is 5.97 Å². The number of rotatable bonds is 9. The first kappa shape index (κ1) is 18.7. The summed E-state index contributed by atoms with van der Waals surface area (Å²) in [5.41, 5.74) is 1.45. The molecule has 1 rings (SSSR count). The van der Waals surface area contributed by atoms with Gasteiger partial charge in [-0.15, -0.1) is 0 Å². The van der Waals surface area contributed by atoms with Gasteiger partial charge in [-0.25, -0.2) is 4.79 Å². The van der Waals surface area contributed by atoms with Gasteiger partial charge in [-0.05, 0) is 23.5 Å². The van der Waals surface area contributed by atoms with Crippen LogP contribution in [0.4, 0.5) is 0 Å². The molecule has 3 nitrogen and oxygen atoms in total. The van der Waals surface area contributed by atoms with Crippen LogP contribution >= 0.6 is 0 Å². The third-order valence-electron chi connectivity index (χ3n) is 3.67. The molecule has 3 heteroatoms. The summed E-state index contributed by atoms with van der Waals surface area (Å²) in [7, 11) is 0. The van der Waals surface area contributed by atoms with Crippen molar-refractivity contribution in [1.82, 2.24) is 0 Å². The molecule has 1 aromatic carbocycles. The van der Waals surface area contributed by atoms with Crippen molar-refractivity contribution in [2.75, 3.05) is 6.61 Å². The lowest BCUT2D eigenvalue weighted by Crippen LogP contribution is -2.18. The molecule has 0 aliphatic heterocycles. The number of hydrogen-bond donors (Lipinski definition) is 0. The molecule has 0 aliphatic rings. The Bertz CT molecular complexity index is 446. The van der Waals surface area contributed by atoms with E-state index in [1.807, 2.05) is 18.2 Å². The molecule has 0 unspecified atom stereocenters. The fraction of sp³-hybridized carbons (Fsp3) is 0.632. The molecule has 0 heterocycles. The Labute approximate surface area is 134 Å². The first-order valence-electron chi connectivity index (χ1n) is 8.40. The average Bonchev–Trinajstić information content (AvgIpc) is 2.49. The van der Waals surface area contributed by atoms with Crippen LogP contribution in [-0.2, 0) is 15.2 Å². The molecular formula is C19H30O3. The van der Waals surface area contributed by atoms with E-state index in [1.165, 1.54) is 25.7 Å². The van der Waals surface area contributed by atoms with Crippen LogP contribution in [-0.4, -0.2) is 12.6 Å². The molecule has 0 bridgehead atoms. The number of hydrogen-bond acceptors (Lipinski definition) is 3. The Balaban J connectivity index is 2.35. The minimum atomic E-state index is -0.406. The van der Waals surface area contributed by atoms with Gasteiger partial charge in [-0.3, -0.25) is 4.89 Å². The summed E-state index contributed by atoms with van der Waals surface area (Å²) in [6.07, 6.45) is 7.09. The molecule has 0 fully saturated rings. The van der Waals surface area contributed by atoms with Crippen LogP contribution in [0, 0.1) is 0 Å². The maximum Gasteiger partial charge on any atom is 0.373 e. The maximum atomic E-state index is 12.1. The minimum Gasteiger partial charge on any atom is -0.293 e. The summed E-state index contributed by atoms with van der Waals surface area (Å²) in [5.74, 6) is -0.406. The van der Waals surface area contributed by atoms with Crippen molar-refractivity contribution in [2.45, 2.75) is 71.6 Å². The molecule has 0 saturated heterocycles. The highest BCUT2D eigenvalue weighted by atomic mass is 17.2. The molecule has 0 spiro atoms. The van der Waals surface area contributed by atoms with E-state index in [0.29, 0.717) is 12.2 Å². The van der Waals surface area contributed by atoms with Crippen LogP contribution in [0.3, 0.4) is 0 Å². The van der Waals surface area contributed by atoms with Crippen LogP contribution < -0.4 is 0 Å². The van der Waals surface area contributed by atoms with Crippen molar-refractivity contribution in [3.8, 4) is 0 Å². The summed E-state index contributed by atoms with van der Waals surface area (Å²) < 4.78 is 0. The van der Waals surface area contributed by atoms with Crippen LogP contribution in [0.25, 0.3) is 0 Å². The molecule has 124 valence electrons. The predicted molar refractivity (Wildman–Crippen MR) is 89.9 cm³/mol. The van der Waals surface area contributed by atoms with Crippen LogP contribution in [0.15, 0.2) is 24.3 Å². The van der Waals surface area contributed by atoms with Gasteiger partial charge in [-0.1, -0.05) is 78.0 Å². The summed E-state index contributed by atoms with van der Waals surface area (Å²) in [6.45, 7) is 8.91. The minimum absolute atomic E-state index is 0.102. The zero-order valence-corrected chi connectivity index (χ0v) is 14.5. The Morgan fingerprint density at radius 2 is 1.64 bits per heavy atom. The Hall–Kier alpha value is -1.35. The molecule has 22 heavy (non-hydrogen) atoms. The molecule has 0 aromatic heterocycles. The van der Waals surface area contributed by atoms with Crippen molar-refractivity contribution in [3.63, 3.8) is 0 Å². The van der Waals surface area contributed by atoms with Crippen molar-refractivity contribution in [2.24, 2.45) is 0 Å². The second-order valence-electron chi connectivity index (χ2n) is 6.76. The Kier molecular flexibility index (Phi) is 8.18. The number of benzene rings is 1. The van der Waals surface area contributed by atoms with Gasteiger partial charge in [0.15, 0.2) is 0 Å². The second kappa shape index (κ2) is 9.62. The summed E-state index contributed by atoms with van der Waals surface area (Å²) in [5, 5.41) is 0. The fourth-order valence-corrected chi connectivity index (χ4v) is 2.40. The van der Waals surface area contributed by atoms with E-state index in [-0.39, 0.29) is 5.41 Å². The van der Waals surface area contributed by atoms with Gasteiger partial charge >= 0.3 is 5.97 Å². The van der Waals surface area contributed by atoms with Gasteiger partial charge in [0.2, 0.25) is 0 Å². The van der Waals surface area contributed by atoms with Crippen molar-refractivity contribution < 1.29 is 14.6 Å². The first-order chi connectivity index (χ1) is 10.5. The highest BCUT2D eigenvalue weighted by Crippen LogP contribution is 2.26. The van der Waals surface area contributed by atoms with Crippen molar-refractivity contribution >= 4 is 5.97 Å². The smallest absolute Gasteiger partial charge is 0.293 e. The highest BCUT2D eigenvalue weighted by Gasteiger charge is 2.22. The second-order valence-corrected chi connectivity index (χ2v) is 6.76. The van der Waals surface area contributed by atoms with E-state index in [9.17, 15) is 4.79 Å². The fourth-order valence-electron chi connectivity index (χ4n) is 2.40. The lowest BCUT2D eigenvalue weighted by molar-refractivity contribution is -0.241. The number of unbranched alkanes of at least 4 members (excludes halogenated alkanes) is 5. The average molecular weight is 306 g/mol. The van der Waals surface area contributed by atoms with Gasteiger partial charge < -0.3 is 0 Å². The van der Waals surface area contributed by atoms with E-state index in [2.05, 4.69) is 27.7 Å².